The molecule has 5 nitrogen and oxygen atoms in total. The summed E-state index contributed by atoms with van der Waals surface area (Å²) in [6.07, 6.45) is 8.12. The molecule has 0 aliphatic heterocycles. The van der Waals surface area contributed by atoms with Gasteiger partial charge in [0.05, 0.1) is 6.21 Å². The minimum atomic E-state index is -0.685. The average molecular weight is 275 g/mol. The zero-order chi connectivity index (χ0) is 14.3. The van der Waals surface area contributed by atoms with E-state index in [1.165, 1.54) is 12.0 Å². The Kier molecular flexibility index (Phi) is 3.15. The molecule has 0 aromatic heterocycles. The molecule has 2 N–H and O–H groups in total. The Labute approximate surface area is 118 Å². The summed E-state index contributed by atoms with van der Waals surface area (Å²) in [5.74, 6) is 0.0346. The van der Waals surface area contributed by atoms with Crippen LogP contribution in [0.5, 0.6) is 0 Å². The molecular weight excluding hydrogens is 254 g/mol. The lowest BCUT2D eigenvalue weighted by Crippen LogP contribution is -2.48. The second kappa shape index (κ2) is 4.72. The Morgan fingerprint density at radius 3 is 2.70 bits per heavy atom. The maximum atomic E-state index is 11.5. The molecule has 0 spiro atoms. The summed E-state index contributed by atoms with van der Waals surface area (Å²) in [5.41, 5.74) is 3.82. The van der Waals surface area contributed by atoms with Crippen molar-refractivity contribution in [2.45, 2.75) is 45.6 Å². The van der Waals surface area contributed by atoms with Crippen molar-refractivity contribution in [3.8, 4) is 0 Å². The molecule has 2 saturated carbocycles. The van der Waals surface area contributed by atoms with Crippen LogP contribution in [0.2, 0.25) is 0 Å². The molecule has 0 aromatic rings. The SMILES string of the molecule is CC1(C)[C@H]2CC=C(C=NNC(=O)C(=O)NC3CC3)[C@H]1C2. The van der Waals surface area contributed by atoms with Crippen molar-refractivity contribution in [3.05, 3.63) is 11.6 Å². The summed E-state index contributed by atoms with van der Waals surface area (Å²) in [5, 5.41) is 6.56. The zero-order valence-electron chi connectivity index (χ0n) is 12.0. The van der Waals surface area contributed by atoms with Crippen molar-refractivity contribution in [3.63, 3.8) is 0 Å². The van der Waals surface area contributed by atoms with E-state index >= 15 is 0 Å². The molecule has 0 unspecified atom stereocenters. The predicted molar refractivity (Wildman–Crippen MR) is 75.9 cm³/mol. The van der Waals surface area contributed by atoms with Gasteiger partial charge in [0.15, 0.2) is 0 Å². The Hall–Kier alpha value is -1.65. The van der Waals surface area contributed by atoms with Gasteiger partial charge in [-0.25, -0.2) is 5.43 Å². The number of hydrogen-bond donors (Lipinski definition) is 2. The highest BCUT2D eigenvalue weighted by Crippen LogP contribution is 2.58. The molecule has 0 radical (unpaired) electrons. The zero-order valence-corrected chi connectivity index (χ0v) is 12.0. The maximum absolute atomic E-state index is 11.5. The highest BCUT2D eigenvalue weighted by atomic mass is 16.2. The molecule has 20 heavy (non-hydrogen) atoms. The van der Waals surface area contributed by atoms with Crippen molar-refractivity contribution in [1.82, 2.24) is 10.7 Å². The van der Waals surface area contributed by atoms with Crippen molar-refractivity contribution in [2.75, 3.05) is 0 Å². The van der Waals surface area contributed by atoms with Crippen LogP contribution < -0.4 is 10.7 Å². The number of amides is 2. The van der Waals surface area contributed by atoms with Crippen molar-refractivity contribution >= 4 is 18.0 Å². The van der Waals surface area contributed by atoms with Crippen molar-refractivity contribution in [2.24, 2.45) is 22.4 Å². The Morgan fingerprint density at radius 2 is 2.10 bits per heavy atom. The molecule has 108 valence electrons. The number of rotatable bonds is 3. The summed E-state index contributed by atoms with van der Waals surface area (Å²) < 4.78 is 0. The minimum absolute atomic E-state index is 0.186. The van der Waals surface area contributed by atoms with Crippen LogP contribution in [0.15, 0.2) is 16.8 Å². The van der Waals surface area contributed by atoms with Gasteiger partial charge in [0.25, 0.3) is 0 Å². The number of nitrogens with one attached hydrogen (secondary N) is 2. The first-order chi connectivity index (χ1) is 9.48. The number of carbonyl (C=O) groups excluding carboxylic acids is 2. The molecule has 2 bridgehead atoms. The van der Waals surface area contributed by atoms with E-state index in [1.807, 2.05) is 0 Å². The van der Waals surface area contributed by atoms with Gasteiger partial charge in [-0.15, -0.1) is 0 Å². The van der Waals surface area contributed by atoms with E-state index in [1.54, 1.807) is 6.21 Å². The van der Waals surface area contributed by atoms with Gasteiger partial charge in [-0.05, 0) is 48.5 Å². The fraction of sp³-hybridized carbons (Fsp3) is 0.667. The van der Waals surface area contributed by atoms with E-state index in [-0.39, 0.29) is 6.04 Å². The van der Waals surface area contributed by atoms with Gasteiger partial charge in [0.1, 0.15) is 0 Å². The second-order valence-electron chi connectivity index (χ2n) is 6.69. The number of carbonyl (C=O) groups is 2. The summed E-state index contributed by atoms with van der Waals surface area (Å²) in [6.45, 7) is 4.57. The monoisotopic (exact) mass is 275 g/mol. The van der Waals surface area contributed by atoms with Gasteiger partial charge >= 0.3 is 11.8 Å². The third kappa shape index (κ3) is 2.37. The van der Waals surface area contributed by atoms with Gasteiger partial charge in [-0.2, -0.15) is 5.10 Å². The molecular formula is C15H21N3O2. The van der Waals surface area contributed by atoms with E-state index in [4.69, 9.17) is 0 Å². The molecule has 5 heteroatoms. The molecule has 0 saturated heterocycles. The fourth-order valence-electron chi connectivity index (χ4n) is 3.24. The quantitative estimate of drug-likeness (QED) is 0.464. The Morgan fingerprint density at radius 1 is 1.35 bits per heavy atom. The van der Waals surface area contributed by atoms with Crippen LogP contribution in [0, 0.1) is 17.3 Å². The third-order valence-corrected chi connectivity index (χ3v) is 5.01. The highest BCUT2D eigenvalue weighted by Gasteiger charge is 2.50. The predicted octanol–water partition coefficient (Wildman–Crippen LogP) is 1.36. The lowest BCUT2D eigenvalue weighted by molar-refractivity contribution is -0.139. The van der Waals surface area contributed by atoms with E-state index in [0.29, 0.717) is 11.3 Å². The lowest BCUT2D eigenvalue weighted by Gasteiger charge is -2.55. The summed E-state index contributed by atoms with van der Waals surface area (Å²) in [7, 11) is 0. The van der Waals surface area contributed by atoms with Crippen molar-refractivity contribution < 1.29 is 9.59 Å². The number of hydrogen-bond acceptors (Lipinski definition) is 3. The van der Waals surface area contributed by atoms with E-state index < -0.39 is 11.8 Å². The minimum Gasteiger partial charge on any atom is -0.345 e. The lowest BCUT2D eigenvalue weighted by atomic mass is 9.49. The molecule has 4 aliphatic rings. The van der Waals surface area contributed by atoms with Crippen LogP contribution in [-0.4, -0.2) is 24.1 Å². The van der Waals surface area contributed by atoms with Gasteiger partial charge in [0, 0.05) is 6.04 Å². The average Bonchev–Trinajstić information content (AvgIpc) is 3.22. The van der Waals surface area contributed by atoms with Gasteiger partial charge in [-0.1, -0.05) is 19.9 Å². The molecule has 4 aliphatic carbocycles. The van der Waals surface area contributed by atoms with Crippen LogP contribution in [0.4, 0.5) is 0 Å². The fourth-order valence-corrected chi connectivity index (χ4v) is 3.24. The number of hydrazone groups is 1. The molecule has 2 atom stereocenters. The van der Waals surface area contributed by atoms with Gasteiger partial charge in [-0.3, -0.25) is 9.59 Å². The van der Waals surface area contributed by atoms with Gasteiger partial charge in [0.2, 0.25) is 0 Å². The Balaban J connectivity index is 1.52. The van der Waals surface area contributed by atoms with Crippen LogP contribution in [0.25, 0.3) is 0 Å². The molecule has 2 amide bonds. The molecule has 0 heterocycles. The van der Waals surface area contributed by atoms with Crippen molar-refractivity contribution in [1.29, 1.82) is 0 Å². The third-order valence-electron chi connectivity index (χ3n) is 5.01. The van der Waals surface area contributed by atoms with Crippen LogP contribution in [-0.2, 0) is 9.59 Å². The molecule has 0 aromatic carbocycles. The first-order valence-corrected chi connectivity index (χ1v) is 7.32. The number of fused-ring (bicyclic) bond motifs is 1. The maximum Gasteiger partial charge on any atom is 0.329 e. The smallest absolute Gasteiger partial charge is 0.329 e. The molecule has 2 fully saturated rings. The highest BCUT2D eigenvalue weighted by molar-refractivity contribution is 6.35. The number of allylic oxidation sites excluding steroid dienone is 2. The Bertz CT molecular complexity index is 503. The van der Waals surface area contributed by atoms with Gasteiger partial charge < -0.3 is 5.32 Å². The van der Waals surface area contributed by atoms with E-state index in [0.717, 1.165) is 25.2 Å². The summed E-state index contributed by atoms with van der Waals surface area (Å²) in [6, 6.07) is 0.186. The van der Waals surface area contributed by atoms with Crippen LogP contribution in [0.1, 0.15) is 39.5 Å². The second-order valence-corrected chi connectivity index (χ2v) is 6.69. The molecule has 4 rings (SSSR count). The number of nitrogens with zero attached hydrogens (tertiary/aromatic N) is 1. The first-order valence-electron chi connectivity index (χ1n) is 7.32. The largest absolute Gasteiger partial charge is 0.345 e. The summed E-state index contributed by atoms with van der Waals surface area (Å²) >= 11 is 0. The van der Waals surface area contributed by atoms with E-state index in [9.17, 15) is 9.59 Å². The standard InChI is InChI=1S/C15H21N3O2/c1-15(2)10-4-3-9(12(15)7-10)8-16-18-14(20)13(19)17-11-5-6-11/h3,8,10-12H,4-7H2,1-2H3,(H,17,19)(H,18,20)/t10-,12+/m0/s1. The van der Waals surface area contributed by atoms with Crippen LogP contribution >= 0.6 is 0 Å². The van der Waals surface area contributed by atoms with Crippen LogP contribution in [0.3, 0.4) is 0 Å². The topological polar surface area (TPSA) is 70.6 Å². The van der Waals surface area contributed by atoms with E-state index in [2.05, 4.69) is 35.8 Å². The normalized spacial score (nSPS) is 30.4. The first kappa shape index (κ1) is 13.3. The summed E-state index contributed by atoms with van der Waals surface area (Å²) in [4.78, 5) is 22.9.